The molecule has 3 nitrogen and oxygen atoms in total. The molecule has 0 saturated carbocycles. The lowest BCUT2D eigenvalue weighted by Crippen LogP contribution is -2.01. The molecule has 1 aromatic carbocycles. The third kappa shape index (κ3) is 4.11. The summed E-state index contributed by atoms with van der Waals surface area (Å²) in [4.78, 5) is 0. The van der Waals surface area contributed by atoms with Crippen LogP contribution in [0.15, 0.2) is 23.3 Å². The summed E-state index contributed by atoms with van der Waals surface area (Å²) in [5.74, 6) is 6.39. The summed E-state index contributed by atoms with van der Waals surface area (Å²) >= 11 is 6.05. The van der Waals surface area contributed by atoms with Gasteiger partial charge in [-0.25, -0.2) is 0 Å². The molecule has 0 aromatic heterocycles. The second-order valence-electron chi connectivity index (χ2n) is 4.00. The van der Waals surface area contributed by atoms with Crippen LogP contribution in [0.3, 0.4) is 0 Å². The maximum Gasteiger partial charge on any atom is 0.137 e. The molecule has 4 heteroatoms. The van der Waals surface area contributed by atoms with Crippen molar-refractivity contribution in [3.05, 3.63) is 28.8 Å². The van der Waals surface area contributed by atoms with Crippen molar-refractivity contribution < 1.29 is 4.74 Å². The van der Waals surface area contributed by atoms with Crippen molar-refractivity contribution in [2.24, 2.45) is 16.9 Å². The van der Waals surface area contributed by atoms with E-state index >= 15 is 0 Å². The van der Waals surface area contributed by atoms with Gasteiger partial charge in [-0.1, -0.05) is 25.4 Å². The van der Waals surface area contributed by atoms with Gasteiger partial charge in [0.2, 0.25) is 0 Å². The molecule has 0 bridgehead atoms. The molecule has 0 unspecified atom stereocenters. The number of halogens is 1. The van der Waals surface area contributed by atoms with Crippen molar-refractivity contribution in [3.63, 3.8) is 0 Å². The molecule has 0 saturated heterocycles. The molecule has 0 fully saturated rings. The van der Waals surface area contributed by atoms with E-state index in [1.165, 1.54) is 0 Å². The van der Waals surface area contributed by atoms with E-state index in [1.807, 2.05) is 12.1 Å². The average Bonchev–Trinajstić information content (AvgIpc) is 2.21. The number of rotatable bonds is 5. The third-order valence-electron chi connectivity index (χ3n) is 2.13. The number of hydrogen-bond acceptors (Lipinski definition) is 3. The Morgan fingerprint density at radius 2 is 2.25 bits per heavy atom. The van der Waals surface area contributed by atoms with Crippen molar-refractivity contribution >= 4 is 17.8 Å². The Kier molecular flexibility index (Phi) is 5.12. The Balaban J connectivity index is 2.61. The van der Waals surface area contributed by atoms with Gasteiger partial charge in [-0.15, -0.1) is 0 Å². The number of hydrogen-bond donors (Lipinski definition) is 1. The van der Waals surface area contributed by atoms with Crippen molar-refractivity contribution in [1.29, 1.82) is 0 Å². The highest BCUT2D eigenvalue weighted by Gasteiger charge is 2.02. The van der Waals surface area contributed by atoms with E-state index in [-0.39, 0.29) is 0 Å². The van der Waals surface area contributed by atoms with E-state index in [9.17, 15) is 0 Å². The lowest BCUT2D eigenvalue weighted by atomic mass is 10.1. The summed E-state index contributed by atoms with van der Waals surface area (Å²) in [6.07, 6.45) is 2.56. The second kappa shape index (κ2) is 6.38. The lowest BCUT2D eigenvalue weighted by molar-refractivity contribution is 0.289. The van der Waals surface area contributed by atoms with E-state index < -0.39 is 0 Å². The van der Waals surface area contributed by atoms with Crippen molar-refractivity contribution in [2.45, 2.75) is 20.3 Å². The minimum atomic E-state index is 0.584. The zero-order valence-corrected chi connectivity index (χ0v) is 10.4. The first-order chi connectivity index (χ1) is 7.63. The van der Waals surface area contributed by atoms with Gasteiger partial charge in [0, 0.05) is 0 Å². The van der Waals surface area contributed by atoms with Gasteiger partial charge in [0.05, 0.1) is 17.8 Å². The van der Waals surface area contributed by atoms with Gasteiger partial charge in [-0.05, 0) is 36.1 Å². The van der Waals surface area contributed by atoms with E-state index in [0.717, 1.165) is 12.0 Å². The molecule has 0 amide bonds. The van der Waals surface area contributed by atoms with Crippen LogP contribution >= 0.6 is 11.6 Å². The van der Waals surface area contributed by atoms with Gasteiger partial charge in [0.1, 0.15) is 5.75 Å². The van der Waals surface area contributed by atoms with Crippen LogP contribution in [0.4, 0.5) is 0 Å². The van der Waals surface area contributed by atoms with Crippen LogP contribution in [0.25, 0.3) is 0 Å². The average molecular weight is 241 g/mol. The van der Waals surface area contributed by atoms with Crippen molar-refractivity contribution in [3.8, 4) is 5.75 Å². The standard InChI is InChI=1S/C12H17ClN2O/c1-9(2)5-6-16-12-4-3-10(8-15-14)7-11(12)13/h3-4,7-9H,5-6,14H2,1-2H3. The zero-order chi connectivity index (χ0) is 12.0. The predicted molar refractivity (Wildman–Crippen MR) is 68.2 cm³/mol. The van der Waals surface area contributed by atoms with Gasteiger partial charge >= 0.3 is 0 Å². The summed E-state index contributed by atoms with van der Waals surface area (Å²) in [7, 11) is 0. The molecule has 0 aliphatic heterocycles. The molecule has 0 aliphatic carbocycles. The molecule has 0 radical (unpaired) electrons. The summed E-state index contributed by atoms with van der Waals surface area (Å²) in [5, 5.41) is 4.02. The molecule has 16 heavy (non-hydrogen) atoms. The maximum absolute atomic E-state index is 6.05. The molecule has 2 N–H and O–H groups in total. The first-order valence-electron chi connectivity index (χ1n) is 5.29. The van der Waals surface area contributed by atoms with E-state index in [4.69, 9.17) is 22.2 Å². The van der Waals surface area contributed by atoms with Gasteiger partial charge in [-0.3, -0.25) is 0 Å². The van der Waals surface area contributed by atoms with Crippen LogP contribution < -0.4 is 10.6 Å². The SMILES string of the molecule is CC(C)CCOc1ccc(C=NN)cc1Cl. The second-order valence-corrected chi connectivity index (χ2v) is 4.41. The monoisotopic (exact) mass is 240 g/mol. The normalized spacial score (nSPS) is 11.2. The first-order valence-corrected chi connectivity index (χ1v) is 5.67. The Bertz CT molecular complexity index is 364. The van der Waals surface area contributed by atoms with E-state index in [1.54, 1.807) is 12.3 Å². The Morgan fingerprint density at radius 1 is 1.50 bits per heavy atom. The summed E-state index contributed by atoms with van der Waals surface area (Å²) in [5.41, 5.74) is 0.865. The smallest absolute Gasteiger partial charge is 0.137 e. The Morgan fingerprint density at radius 3 is 2.81 bits per heavy atom. The number of nitrogens with two attached hydrogens (primary N) is 1. The van der Waals surface area contributed by atoms with Gasteiger partial charge in [0.15, 0.2) is 0 Å². The fraction of sp³-hybridized carbons (Fsp3) is 0.417. The fourth-order valence-corrected chi connectivity index (χ4v) is 1.45. The zero-order valence-electron chi connectivity index (χ0n) is 9.61. The van der Waals surface area contributed by atoms with Gasteiger partial charge < -0.3 is 10.6 Å². The third-order valence-corrected chi connectivity index (χ3v) is 2.43. The summed E-state index contributed by atoms with van der Waals surface area (Å²) in [6, 6.07) is 5.48. The van der Waals surface area contributed by atoms with Crippen LogP contribution in [0.2, 0.25) is 5.02 Å². The van der Waals surface area contributed by atoms with Crippen LogP contribution in [0, 0.1) is 5.92 Å². The van der Waals surface area contributed by atoms with Crippen molar-refractivity contribution in [2.75, 3.05) is 6.61 Å². The summed E-state index contributed by atoms with van der Waals surface area (Å²) < 4.78 is 5.57. The topological polar surface area (TPSA) is 47.6 Å². The molecule has 0 atom stereocenters. The number of benzene rings is 1. The fourth-order valence-electron chi connectivity index (χ4n) is 1.21. The first kappa shape index (κ1) is 12.8. The van der Waals surface area contributed by atoms with Gasteiger partial charge in [-0.2, -0.15) is 5.10 Å². The maximum atomic E-state index is 6.05. The minimum Gasteiger partial charge on any atom is -0.492 e. The number of nitrogens with zero attached hydrogens (tertiary/aromatic N) is 1. The molecular weight excluding hydrogens is 224 g/mol. The van der Waals surface area contributed by atoms with Crippen LogP contribution in [-0.2, 0) is 0 Å². The molecule has 88 valence electrons. The van der Waals surface area contributed by atoms with Crippen LogP contribution in [0.1, 0.15) is 25.8 Å². The highest BCUT2D eigenvalue weighted by Crippen LogP contribution is 2.25. The van der Waals surface area contributed by atoms with E-state index in [0.29, 0.717) is 23.3 Å². The summed E-state index contributed by atoms with van der Waals surface area (Å²) in [6.45, 7) is 5.00. The number of hydrazone groups is 1. The minimum absolute atomic E-state index is 0.584. The van der Waals surface area contributed by atoms with E-state index in [2.05, 4.69) is 18.9 Å². The molecule has 0 spiro atoms. The Hall–Kier alpha value is -1.22. The van der Waals surface area contributed by atoms with Crippen LogP contribution in [-0.4, -0.2) is 12.8 Å². The highest BCUT2D eigenvalue weighted by molar-refractivity contribution is 6.32. The predicted octanol–water partition coefficient (Wildman–Crippen LogP) is 3.06. The van der Waals surface area contributed by atoms with Crippen molar-refractivity contribution in [1.82, 2.24) is 0 Å². The quantitative estimate of drug-likeness (QED) is 0.489. The highest BCUT2D eigenvalue weighted by atomic mass is 35.5. The van der Waals surface area contributed by atoms with Crippen LogP contribution in [0.5, 0.6) is 5.75 Å². The lowest BCUT2D eigenvalue weighted by Gasteiger charge is -2.09. The van der Waals surface area contributed by atoms with Gasteiger partial charge in [0.25, 0.3) is 0 Å². The molecule has 0 heterocycles. The molecular formula is C12H17ClN2O. The largest absolute Gasteiger partial charge is 0.492 e. The number of ether oxygens (including phenoxy) is 1. The Labute approximate surface area is 101 Å². The molecule has 0 aliphatic rings. The molecule has 1 aromatic rings. The molecule has 1 rings (SSSR count).